The lowest BCUT2D eigenvalue weighted by Gasteiger charge is -2.31. The minimum atomic E-state index is -3.73. The van der Waals surface area contributed by atoms with Gasteiger partial charge in [0.15, 0.2) is 0 Å². The number of amides is 1. The van der Waals surface area contributed by atoms with Crippen molar-refractivity contribution in [2.24, 2.45) is 5.92 Å². The van der Waals surface area contributed by atoms with Crippen molar-refractivity contribution < 1.29 is 13.2 Å². The molecule has 1 fully saturated rings. The first-order chi connectivity index (χ1) is 14.8. The van der Waals surface area contributed by atoms with E-state index in [1.165, 1.54) is 4.31 Å². The molecule has 2 aromatic heterocycles. The van der Waals surface area contributed by atoms with Crippen LogP contribution in [0.5, 0.6) is 0 Å². The molecule has 0 bridgehead atoms. The van der Waals surface area contributed by atoms with Crippen LogP contribution in [0.1, 0.15) is 44.0 Å². The number of aromatic nitrogens is 5. The molecule has 1 unspecified atom stereocenters. The number of hydrogen-bond acceptors (Lipinski definition) is 6. The molecular weight excluding hydrogens is 418 g/mol. The van der Waals surface area contributed by atoms with Crippen LogP contribution in [-0.2, 0) is 21.4 Å². The second-order valence-corrected chi connectivity index (χ2v) is 10.2. The first-order valence-corrected chi connectivity index (χ1v) is 11.8. The van der Waals surface area contributed by atoms with Gasteiger partial charge in [-0.1, -0.05) is 5.21 Å². The van der Waals surface area contributed by atoms with Crippen LogP contribution in [0.2, 0.25) is 0 Å². The van der Waals surface area contributed by atoms with Gasteiger partial charge in [-0.05, 0) is 51.8 Å². The Morgan fingerprint density at radius 2 is 2.16 bits per heavy atom. The molecule has 0 spiro atoms. The van der Waals surface area contributed by atoms with Gasteiger partial charge in [0, 0.05) is 36.9 Å². The third kappa shape index (κ3) is 4.19. The van der Waals surface area contributed by atoms with Crippen molar-refractivity contribution >= 4 is 27.0 Å². The summed E-state index contributed by atoms with van der Waals surface area (Å²) in [5.74, 6) is -0.530. The third-order valence-electron chi connectivity index (χ3n) is 5.71. The standard InChI is InChI=1S/C20H27N7O3S/c1-13(2)27-19-7-6-17(9-18(19)24-25-27)31(29,30)26-8-4-5-15(12-26)20(28)21-10-16-11-22-23-14(16)3/h6-7,9,11,13,15H,4-5,8,10,12H2,1-3H3,(H,21,28)(H,22,23). The maximum Gasteiger partial charge on any atom is 0.243 e. The van der Waals surface area contributed by atoms with Gasteiger partial charge in [0.05, 0.1) is 22.5 Å². The fourth-order valence-corrected chi connectivity index (χ4v) is 5.41. The van der Waals surface area contributed by atoms with E-state index in [4.69, 9.17) is 0 Å². The summed E-state index contributed by atoms with van der Waals surface area (Å²) in [5.41, 5.74) is 3.14. The van der Waals surface area contributed by atoms with Crippen LogP contribution in [0.3, 0.4) is 0 Å². The van der Waals surface area contributed by atoms with E-state index < -0.39 is 10.0 Å². The molecule has 1 aliphatic rings. The van der Waals surface area contributed by atoms with E-state index in [9.17, 15) is 13.2 Å². The van der Waals surface area contributed by atoms with Gasteiger partial charge >= 0.3 is 0 Å². The Morgan fingerprint density at radius 1 is 1.35 bits per heavy atom. The molecule has 1 aliphatic heterocycles. The number of benzene rings is 1. The molecule has 3 heterocycles. The molecule has 166 valence electrons. The Balaban J connectivity index is 1.48. The lowest BCUT2D eigenvalue weighted by atomic mass is 9.99. The number of fused-ring (bicyclic) bond motifs is 1. The third-order valence-corrected chi connectivity index (χ3v) is 7.57. The van der Waals surface area contributed by atoms with Crippen molar-refractivity contribution in [2.45, 2.75) is 51.1 Å². The Kier molecular flexibility index (Phi) is 5.80. The van der Waals surface area contributed by atoms with Crippen molar-refractivity contribution in [3.05, 3.63) is 35.7 Å². The minimum Gasteiger partial charge on any atom is -0.352 e. The number of piperidine rings is 1. The second-order valence-electron chi connectivity index (χ2n) is 8.22. The van der Waals surface area contributed by atoms with E-state index in [1.807, 2.05) is 20.8 Å². The average Bonchev–Trinajstić information content (AvgIpc) is 3.37. The maximum absolute atomic E-state index is 13.3. The van der Waals surface area contributed by atoms with Gasteiger partial charge in [0.25, 0.3) is 0 Å². The summed E-state index contributed by atoms with van der Waals surface area (Å²) < 4.78 is 29.7. The zero-order valence-corrected chi connectivity index (χ0v) is 18.7. The van der Waals surface area contributed by atoms with Crippen LogP contribution in [-0.4, -0.2) is 56.9 Å². The summed E-state index contributed by atoms with van der Waals surface area (Å²) in [6.45, 7) is 6.79. The van der Waals surface area contributed by atoms with Gasteiger partial charge in [-0.25, -0.2) is 13.1 Å². The highest BCUT2D eigenvalue weighted by molar-refractivity contribution is 7.89. The van der Waals surface area contributed by atoms with E-state index in [2.05, 4.69) is 25.8 Å². The molecule has 1 saturated heterocycles. The van der Waals surface area contributed by atoms with Crippen LogP contribution in [0, 0.1) is 12.8 Å². The first-order valence-electron chi connectivity index (χ1n) is 10.4. The number of rotatable bonds is 6. The highest BCUT2D eigenvalue weighted by atomic mass is 32.2. The molecule has 4 rings (SSSR count). The number of sulfonamides is 1. The normalized spacial score (nSPS) is 18.0. The SMILES string of the molecule is Cc1[nH]ncc1CNC(=O)C1CCCN(S(=O)(=O)c2ccc3c(c2)nnn3C(C)C)C1. The van der Waals surface area contributed by atoms with E-state index in [0.29, 0.717) is 31.4 Å². The Labute approximate surface area is 181 Å². The fourth-order valence-electron chi connectivity index (χ4n) is 3.87. The quantitative estimate of drug-likeness (QED) is 0.595. The van der Waals surface area contributed by atoms with Gasteiger partial charge in [0.1, 0.15) is 5.52 Å². The molecule has 2 N–H and O–H groups in total. The Hall–Kier alpha value is -2.79. The van der Waals surface area contributed by atoms with Crippen LogP contribution in [0.25, 0.3) is 11.0 Å². The van der Waals surface area contributed by atoms with Gasteiger partial charge in [-0.2, -0.15) is 9.40 Å². The first kappa shape index (κ1) is 21.4. The van der Waals surface area contributed by atoms with E-state index in [1.54, 1.807) is 29.1 Å². The van der Waals surface area contributed by atoms with Gasteiger partial charge in [-0.3, -0.25) is 9.89 Å². The predicted octanol–water partition coefficient (Wildman–Crippen LogP) is 1.76. The molecule has 0 aliphatic carbocycles. The molecule has 11 heteroatoms. The molecule has 3 aromatic rings. The monoisotopic (exact) mass is 445 g/mol. The number of carbonyl (C=O) groups excluding carboxylic acids is 1. The zero-order valence-electron chi connectivity index (χ0n) is 17.9. The molecule has 1 aromatic carbocycles. The lowest BCUT2D eigenvalue weighted by molar-refractivity contribution is -0.126. The molecule has 0 saturated carbocycles. The van der Waals surface area contributed by atoms with Crippen molar-refractivity contribution in [2.75, 3.05) is 13.1 Å². The maximum atomic E-state index is 13.3. The van der Waals surface area contributed by atoms with Crippen LogP contribution >= 0.6 is 0 Å². The number of carbonyl (C=O) groups is 1. The highest BCUT2D eigenvalue weighted by Crippen LogP contribution is 2.26. The van der Waals surface area contributed by atoms with Gasteiger partial charge < -0.3 is 5.32 Å². The van der Waals surface area contributed by atoms with Crippen molar-refractivity contribution in [1.82, 2.24) is 34.8 Å². The summed E-state index contributed by atoms with van der Waals surface area (Å²) >= 11 is 0. The van der Waals surface area contributed by atoms with E-state index in [-0.39, 0.29) is 29.3 Å². The molecular formula is C20H27N7O3S. The topological polar surface area (TPSA) is 126 Å². The van der Waals surface area contributed by atoms with Crippen LogP contribution in [0.15, 0.2) is 29.3 Å². The average molecular weight is 446 g/mol. The zero-order chi connectivity index (χ0) is 22.2. The summed E-state index contributed by atoms with van der Waals surface area (Å²) in [6.07, 6.45) is 2.97. The molecule has 31 heavy (non-hydrogen) atoms. The summed E-state index contributed by atoms with van der Waals surface area (Å²) in [5, 5.41) is 17.9. The number of nitrogens with zero attached hydrogens (tertiary/aromatic N) is 5. The second kappa shape index (κ2) is 8.39. The van der Waals surface area contributed by atoms with Crippen molar-refractivity contribution in [1.29, 1.82) is 0 Å². The van der Waals surface area contributed by atoms with E-state index >= 15 is 0 Å². The largest absolute Gasteiger partial charge is 0.352 e. The number of aromatic amines is 1. The summed E-state index contributed by atoms with van der Waals surface area (Å²) in [4.78, 5) is 12.8. The molecule has 1 atom stereocenters. The Morgan fingerprint density at radius 3 is 2.87 bits per heavy atom. The lowest BCUT2D eigenvalue weighted by Crippen LogP contribution is -2.45. The number of aryl methyl sites for hydroxylation is 1. The van der Waals surface area contributed by atoms with Crippen molar-refractivity contribution in [3.8, 4) is 0 Å². The summed E-state index contributed by atoms with van der Waals surface area (Å²) in [6, 6.07) is 5.01. The van der Waals surface area contributed by atoms with Crippen LogP contribution in [0.4, 0.5) is 0 Å². The van der Waals surface area contributed by atoms with Gasteiger partial charge in [-0.15, -0.1) is 5.10 Å². The summed E-state index contributed by atoms with van der Waals surface area (Å²) in [7, 11) is -3.73. The Bertz CT molecular complexity index is 1200. The molecule has 0 radical (unpaired) electrons. The van der Waals surface area contributed by atoms with Crippen LogP contribution < -0.4 is 5.32 Å². The molecule has 1 amide bonds. The predicted molar refractivity (Wildman–Crippen MR) is 115 cm³/mol. The van der Waals surface area contributed by atoms with Crippen molar-refractivity contribution in [3.63, 3.8) is 0 Å². The smallest absolute Gasteiger partial charge is 0.243 e. The highest BCUT2D eigenvalue weighted by Gasteiger charge is 2.33. The molecule has 10 nitrogen and oxygen atoms in total. The number of nitrogens with one attached hydrogen (secondary N) is 2. The van der Waals surface area contributed by atoms with Gasteiger partial charge in [0.2, 0.25) is 15.9 Å². The number of H-pyrrole nitrogens is 1. The minimum absolute atomic E-state index is 0.125. The van der Waals surface area contributed by atoms with E-state index in [0.717, 1.165) is 16.8 Å². The number of hydrogen-bond donors (Lipinski definition) is 2. The fraction of sp³-hybridized carbons (Fsp3) is 0.500.